The van der Waals surface area contributed by atoms with Crippen molar-refractivity contribution in [3.63, 3.8) is 0 Å². The molecule has 0 aliphatic rings. The van der Waals surface area contributed by atoms with Gasteiger partial charge in [-0.3, -0.25) is 16.0 Å². The molecule has 1 aromatic carbocycles. The van der Waals surface area contributed by atoms with Crippen molar-refractivity contribution in [2.24, 2.45) is 12.9 Å². The normalized spacial score (nSPS) is 12.7. The molecule has 5 heteroatoms. The third kappa shape index (κ3) is 2.90. The Morgan fingerprint density at radius 1 is 1.39 bits per heavy atom. The molecule has 0 aliphatic carbocycles. The molecule has 0 amide bonds. The van der Waals surface area contributed by atoms with E-state index in [0.29, 0.717) is 0 Å². The Kier molecular flexibility index (Phi) is 4.01. The average Bonchev–Trinajstić information content (AvgIpc) is 2.68. The van der Waals surface area contributed by atoms with Crippen LogP contribution in [0.5, 0.6) is 0 Å². The Morgan fingerprint density at radius 3 is 2.56 bits per heavy atom. The van der Waals surface area contributed by atoms with Gasteiger partial charge in [0.1, 0.15) is 0 Å². The van der Waals surface area contributed by atoms with Crippen LogP contribution < -0.4 is 11.3 Å². The van der Waals surface area contributed by atoms with E-state index in [1.807, 2.05) is 49.0 Å². The van der Waals surface area contributed by atoms with Crippen molar-refractivity contribution in [3.05, 3.63) is 52.3 Å². The van der Waals surface area contributed by atoms with E-state index in [4.69, 9.17) is 17.4 Å². The lowest BCUT2D eigenvalue weighted by molar-refractivity contribution is 0.508. The zero-order valence-electron chi connectivity index (χ0n) is 10.5. The number of rotatable bonds is 4. The molecule has 3 N–H and O–H groups in total. The average molecular weight is 265 g/mol. The van der Waals surface area contributed by atoms with Crippen LogP contribution in [0.4, 0.5) is 0 Å². The Bertz CT molecular complexity index is 518. The highest BCUT2D eigenvalue weighted by Crippen LogP contribution is 2.19. The molecule has 0 saturated heterocycles. The smallest absolute Gasteiger partial charge is 0.0669 e. The van der Waals surface area contributed by atoms with Gasteiger partial charge in [0.2, 0.25) is 0 Å². The van der Waals surface area contributed by atoms with Gasteiger partial charge >= 0.3 is 0 Å². The van der Waals surface area contributed by atoms with Crippen molar-refractivity contribution in [3.8, 4) is 0 Å². The van der Waals surface area contributed by atoms with E-state index < -0.39 is 0 Å². The van der Waals surface area contributed by atoms with Crippen LogP contribution in [0.15, 0.2) is 30.3 Å². The molecule has 96 valence electrons. The molecule has 2 aromatic rings. The highest BCUT2D eigenvalue weighted by Gasteiger charge is 2.15. The van der Waals surface area contributed by atoms with Crippen LogP contribution in [0, 0.1) is 6.92 Å². The molecule has 4 nitrogen and oxygen atoms in total. The van der Waals surface area contributed by atoms with E-state index in [9.17, 15) is 0 Å². The summed E-state index contributed by atoms with van der Waals surface area (Å²) >= 11 is 5.87. The molecule has 1 unspecified atom stereocenters. The van der Waals surface area contributed by atoms with Crippen molar-refractivity contribution in [2.45, 2.75) is 19.4 Å². The monoisotopic (exact) mass is 264 g/mol. The van der Waals surface area contributed by atoms with Crippen LogP contribution in [-0.4, -0.2) is 9.78 Å². The summed E-state index contributed by atoms with van der Waals surface area (Å²) in [6.07, 6.45) is 0.798. The fourth-order valence-electron chi connectivity index (χ4n) is 2.06. The summed E-state index contributed by atoms with van der Waals surface area (Å²) < 4.78 is 1.86. The maximum atomic E-state index is 5.87. The van der Waals surface area contributed by atoms with Crippen molar-refractivity contribution in [2.75, 3.05) is 0 Å². The molecule has 0 fully saturated rings. The van der Waals surface area contributed by atoms with E-state index in [0.717, 1.165) is 22.8 Å². The minimum Gasteiger partial charge on any atom is -0.271 e. The Hall–Kier alpha value is -1.36. The van der Waals surface area contributed by atoms with E-state index in [-0.39, 0.29) is 6.04 Å². The minimum absolute atomic E-state index is 0.0392. The van der Waals surface area contributed by atoms with Crippen LogP contribution >= 0.6 is 11.6 Å². The SMILES string of the molecule is Cc1cc(C(Cc2ccc(Cl)cc2)NN)n(C)n1. The fraction of sp³-hybridized carbons (Fsp3) is 0.308. The summed E-state index contributed by atoms with van der Waals surface area (Å²) in [6.45, 7) is 1.97. The lowest BCUT2D eigenvalue weighted by Crippen LogP contribution is -2.31. The molecule has 1 atom stereocenters. The topological polar surface area (TPSA) is 55.9 Å². The van der Waals surface area contributed by atoms with Crippen molar-refractivity contribution in [1.29, 1.82) is 0 Å². The largest absolute Gasteiger partial charge is 0.271 e. The summed E-state index contributed by atoms with van der Waals surface area (Å²) in [7, 11) is 1.93. The number of nitrogens with one attached hydrogen (secondary N) is 1. The first-order valence-electron chi connectivity index (χ1n) is 5.81. The molecule has 0 radical (unpaired) electrons. The van der Waals surface area contributed by atoms with Gasteiger partial charge in [-0.15, -0.1) is 0 Å². The summed E-state index contributed by atoms with van der Waals surface area (Å²) in [4.78, 5) is 0. The van der Waals surface area contributed by atoms with Gasteiger partial charge in [0.15, 0.2) is 0 Å². The molecule has 18 heavy (non-hydrogen) atoms. The molecular formula is C13H17ClN4. The van der Waals surface area contributed by atoms with Gasteiger partial charge in [0.25, 0.3) is 0 Å². The van der Waals surface area contributed by atoms with Crippen LogP contribution in [-0.2, 0) is 13.5 Å². The maximum absolute atomic E-state index is 5.87. The number of benzene rings is 1. The van der Waals surface area contributed by atoms with Gasteiger partial charge in [-0.1, -0.05) is 23.7 Å². The first-order chi connectivity index (χ1) is 8.60. The van der Waals surface area contributed by atoms with Crippen molar-refractivity contribution in [1.82, 2.24) is 15.2 Å². The van der Waals surface area contributed by atoms with E-state index in [1.165, 1.54) is 5.56 Å². The molecule has 2 rings (SSSR count). The molecular weight excluding hydrogens is 248 g/mol. The second kappa shape index (κ2) is 5.52. The van der Waals surface area contributed by atoms with Crippen molar-refractivity contribution >= 4 is 11.6 Å². The van der Waals surface area contributed by atoms with Gasteiger partial charge in [0, 0.05) is 12.1 Å². The number of hydrogen-bond acceptors (Lipinski definition) is 3. The predicted octanol–water partition coefficient (Wildman–Crippen LogP) is 2.13. The number of halogens is 1. The molecule has 0 saturated carbocycles. The Morgan fingerprint density at radius 2 is 2.06 bits per heavy atom. The van der Waals surface area contributed by atoms with Gasteiger partial charge < -0.3 is 0 Å². The summed E-state index contributed by atoms with van der Waals surface area (Å²) in [5.41, 5.74) is 6.09. The van der Waals surface area contributed by atoms with Crippen LogP contribution in [0.3, 0.4) is 0 Å². The van der Waals surface area contributed by atoms with Crippen LogP contribution in [0.1, 0.15) is 23.0 Å². The third-order valence-electron chi connectivity index (χ3n) is 2.95. The highest BCUT2D eigenvalue weighted by atomic mass is 35.5. The van der Waals surface area contributed by atoms with Gasteiger partial charge in [-0.05, 0) is 37.1 Å². The van der Waals surface area contributed by atoms with Gasteiger partial charge in [-0.25, -0.2) is 0 Å². The summed E-state index contributed by atoms with van der Waals surface area (Å²) in [6, 6.07) is 9.88. The lowest BCUT2D eigenvalue weighted by Gasteiger charge is -2.16. The first-order valence-corrected chi connectivity index (χ1v) is 6.19. The standard InChI is InChI=1S/C13H17ClN4/c1-9-7-13(18(2)17-9)12(16-15)8-10-3-5-11(14)6-4-10/h3-7,12,16H,8,15H2,1-2H3. The molecule has 0 aliphatic heterocycles. The highest BCUT2D eigenvalue weighted by molar-refractivity contribution is 6.30. The zero-order valence-corrected chi connectivity index (χ0v) is 11.3. The number of aryl methyl sites for hydroxylation is 2. The predicted molar refractivity (Wildman–Crippen MR) is 73.2 cm³/mol. The maximum Gasteiger partial charge on any atom is 0.0669 e. The van der Waals surface area contributed by atoms with E-state index >= 15 is 0 Å². The summed E-state index contributed by atoms with van der Waals surface area (Å²) in [5, 5.41) is 5.08. The second-order valence-electron chi connectivity index (χ2n) is 4.38. The quantitative estimate of drug-likeness (QED) is 0.657. The summed E-state index contributed by atoms with van der Waals surface area (Å²) in [5.74, 6) is 5.64. The Labute approximate surface area is 112 Å². The van der Waals surface area contributed by atoms with Crippen molar-refractivity contribution < 1.29 is 0 Å². The molecule has 1 heterocycles. The third-order valence-corrected chi connectivity index (χ3v) is 3.20. The number of hydrazine groups is 1. The Balaban J connectivity index is 2.19. The number of nitrogens with two attached hydrogens (primary N) is 1. The van der Waals surface area contributed by atoms with E-state index in [1.54, 1.807) is 0 Å². The second-order valence-corrected chi connectivity index (χ2v) is 4.82. The lowest BCUT2D eigenvalue weighted by atomic mass is 10.0. The molecule has 1 aromatic heterocycles. The van der Waals surface area contributed by atoms with Crippen LogP contribution in [0.2, 0.25) is 5.02 Å². The molecule has 0 spiro atoms. The zero-order chi connectivity index (χ0) is 13.1. The number of hydrogen-bond donors (Lipinski definition) is 2. The number of nitrogens with zero attached hydrogens (tertiary/aromatic N) is 2. The van der Waals surface area contributed by atoms with Gasteiger partial charge in [0.05, 0.1) is 17.4 Å². The minimum atomic E-state index is 0.0392. The van der Waals surface area contributed by atoms with Crippen LogP contribution in [0.25, 0.3) is 0 Å². The molecule has 0 bridgehead atoms. The van der Waals surface area contributed by atoms with Gasteiger partial charge in [-0.2, -0.15) is 5.10 Å². The van der Waals surface area contributed by atoms with E-state index in [2.05, 4.69) is 10.5 Å². The number of aromatic nitrogens is 2. The first kappa shape index (κ1) is 13.1. The fourth-order valence-corrected chi connectivity index (χ4v) is 2.19.